The van der Waals surface area contributed by atoms with Crippen LogP contribution in [-0.4, -0.2) is 53.6 Å². The number of aromatic nitrogens is 3. The third-order valence-electron chi connectivity index (χ3n) is 5.19. The first-order chi connectivity index (χ1) is 16.3. The summed E-state index contributed by atoms with van der Waals surface area (Å²) in [6.07, 6.45) is 2.45. The van der Waals surface area contributed by atoms with E-state index < -0.39 is 5.97 Å². The van der Waals surface area contributed by atoms with Crippen molar-refractivity contribution in [3.05, 3.63) is 52.9 Å². The van der Waals surface area contributed by atoms with Crippen LogP contribution in [0, 0.1) is 6.92 Å². The minimum absolute atomic E-state index is 0.117. The predicted molar refractivity (Wildman–Crippen MR) is 139 cm³/mol. The highest BCUT2D eigenvalue weighted by atomic mass is 32.2. The zero-order chi connectivity index (χ0) is 24.8. The molecule has 1 amide bonds. The first-order valence-corrected chi connectivity index (χ1v) is 12.6. The zero-order valence-corrected chi connectivity index (χ0v) is 21.7. The molecule has 8 nitrogen and oxygen atoms in total. The first kappa shape index (κ1) is 25.5. The Labute approximate surface area is 208 Å². The molecule has 0 atom stereocenters. The van der Waals surface area contributed by atoms with Crippen LogP contribution >= 0.6 is 23.1 Å². The summed E-state index contributed by atoms with van der Waals surface area (Å²) in [4.78, 5) is 28.1. The number of hydrogen-bond donors (Lipinski definition) is 1. The van der Waals surface area contributed by atoms with Gasteiger partial charge in [0.2, 0.25) is 5.91 Å². The average molecular weight is 500 g/mol. The number of carbonyl (C=O) groups is 2. The maximum Gasteiger partial charge on any atom is 0.341 e. The number of benzene rings is 1. The van der Waals surface area contributed by atoms with Gasteiger partial charge in [-0.25, -0.2) is 4.79 Å². The Bertz CT molecular complexity index is 1200. The van der Waals surface area contributed by atoms with E-state index in [9.17, 15) is 9.59 Å². The molecule has 0 saturated heterocycles. The first-order valence-electron chi connectivity index (χ1n) is 10.8. The summed E-state index contributed by atoms with van der Waals surface area (Å²) in [5.41, 5.74) is 3.32. The SMILES string of the molecule is C=CCn1c(SCC(=O)Nc2sc(C)c(CC)c2C(=O)OC)nnc1-c1cccc(N(C)C)c1. The Morgan fingerprint density at radius 2 is 2.09 bits per heavy atom. The van der Waals surface area contributed by atoms with Gasteiger partial charge in [-0.3, -0.25) is 9.36 Å². The minimum Gasteiger partial charge on any atom is -0.465 e. The lowest BCUT2D eigenvalue weighted by Crippen LogP contribution is -2.16. The molecule has 3 rings (SSSR count). The van der Waals surface area contributed by atoms with Crippen LogP contribution in [0.5, 0.6) is 0 Å². The van der Waals surface area contributed by atoms with Crippen molar-refractivity contribution in [1.29, 1.82) is 0 Å². The van der Waals surface area contributed by atoms with E-state index in [1.807, 2.05) is 61.7 Å². The lowest BCUT2D eigenvalue weighted by atomic mass is 10.1. The summed E-state index contributed by atoms with van der Waals surface area (Å²) in [7, 11) is 5.31. The smallest absolute Gasteiger partial charge is 0.341 e. The summed E-state index contributed by atoms with van der Waals surface area (Å²) in [5, 5.41) is 12.7. The van der Waals surface area contributed by atoms with Crippen LogP contribution in [0.25, 0.3) is 11.4 Å². The Balaban J connectivity index is 1.79. The number of methoxy groups -OCH3 is 1. The molecule has 3 aromatic rings. The summed E-state index contributed by atoms with van der Waals surface area (Å²) < 4.78 is 6.87. The number of nitrogens with zero attached hydrogens (tertiary/aromatic N) is 4. The normalized spacial score (nSPS) is 10.7. The van der Waals surface area contributed by atoms with E-state index >= 15 is 0 Å². The van der Waals surface area contributed by atoms with Gasteiger partial charge in [-0.2, -0.15) is 0 Å². The van der Waals surface area contributed by atoms with Gasteiger partial charge < -0.3 is 15.0 Å². The summed E-state index contributed by atoms with van der Waals surface area (Å²) in [6.45, 7) is 8.26. The number of nitrogens with one attached hydrogen (secondary N) is 1. The second kappa shape index (κ2) is 11.3. The van der Waals surface area contributed by atoms with Crippen molar-refractivity contribution in [2.24, 2.45) is 0 Å². The molecule has 0 aliphatic rings. The fourth-order valence-corrected chi connectivity index (χ4v) is 5.43. The van der Waals surface area contributed by atoms with E-state index in [1.165, 1.54) is 30.2 Å². The molecule has 1 N–H and O–H groups in total. The molecule has 0 bridgehead atoms. The van der Waals surface area contributed by atoms with Crippen LogP contribution < -0.4 is 10.2 Å². The molecular formula is C24H29N5O3S2. The number of ether oxygens (including phenoxy) is 1. The van der Waals surface area contributed by atoms with E-state index in [0.717, 1.165) is 21.7 Å². The van der Waals surface area contributed by atoms with Crippen molar-refractivity contribution in [3.8, 4) is 11.4 Å². The number of esters is 1. The highest BCUT2D eigenvalue weighted by Gasteiger charge is 2.23. The van der Waals surface area contributed by atoms with Crippen molar-refractivity contribution >= 4 is 45.7 Å². The number of carbonyl (C=O) groups excluding carboxylic acids is 2. The molecule has 0 spiro atoms. The molecule has 2 heterocycles. The minimum atomic E-state index is -0.445. The quantitative estimate of drug-likeness (QED) is 0.247. The summed E-state index contributed by atoms with van der Waals surface area (Å²) in [6, 6.07) is 8.03. The lowest BCUT2D eigenvalue weighted by Gasteiger charge is -2.14. The van der Waals surface area contributed by atoms with Gasteiger partial charge in [0, 0.05) is 36.8 Å². The van der Waals surface area contributed by atoms with E-state index in [-0.39, 0.29) is 11.7 Å². The predicted octanol–water partition coefficient (Wildman–Crippen LogP) is 4.65. The van der Waals surface area contributed by atoms with Crippen LogP contribution in [0.15, 0.2) is 42.1 Å². The third kappa shape index (κ3) is 5.51. The van der Waals surface area contributed by atoms with Gasteiger partial charge in [0.15, 0.2) is 11.0 Å². The average Bonchev–Trinajstić information content (AvgIpc) is 3.37. The zero-order valence-electron chi connectivity index (χ0n) is 20.0. The fraction of sp³-hybridized carbons (Fsp3) is 0.333. The molecule has 0 aliphatic heterocycles. The lowest BCUT2D eigenvalue weighted by molar-refractivity contribution is -0.113. The number of hydrogen-bond acceptors (Lipinski definition) is 8. The molecule has 0 fully saturated rings. The van der Waals surface area contributed by atoms with Gasteiger partial charge in [-0.1, -0.05) is 36.9 Å². The van der Waals surface area contributed by atoms with Gasteiger partial charge in [0.1, 0.15) is 5.00 Å². The van der Waals surface area contributed by atoms with Gasteiger partial charge in [0.05, 0.1) is 18.4 Å². The Morgan fingerprint density at radius 3 is 2.74 bits per heavy atom. The van der Waals surface area contributed by atoms with E-state index in [4.69, 9.17) is 4.74 Å². The summed E-state index contributed by atoms with van der Waals surface area (Å²) in [5.74, 6) is 0.148. The molecule has 0 saturated carbocycles. The number of thioether (sulfide) groups is 1. The van der Waals surface area contributed by atoms with Gasteiger partial charge in [-0.05, 0) is 31.0 Å². The molecule has 180 valence electrons. The van der Waals surface area contributed by atoms with Crippen LogP contribution in [-0.2, 0) is 22.5 Å². The topological polar surface area (TPSA) is 89.3 Å². The van der Waals surface area contributed by atoms with Crippen LogP contribution in [0.3, 0.4) is 0 Å². The van der Waals surface area contributed by atoms with E-state index in [2.05, 4.69) is 22.1 Å². The number of rotatable bonds is 10. The Kier molecular flexibility index (Phi) is 8.51. The largest absolute Gasteiger partial charge is 0.465 e. The summed E-state index contributed by atoms with van der Waals surface area (Å²) >= 11 is 2.67. The second-order valence-electron chi connectivity index (χ2n) is 7.67. The van der Waals surface area contributed by atoms with E-state index in [0.29, 0.717) is 34.5 Å². The fourth-order valence-electron chi connectivity index (χ4n) is 3.53. The van der Waals surface area contributed by atoms with Crippen LogP contribution in [0.2, 0.25) is 0 Å². The maximum atomic E-state index is 12.8. The molecule has 0 aliphatic carbocycles. The van der Waals surface area contributed by atoms with Gasteiger partial charge >= 0.3 is 5.97 Å². The van der Waals surface area contributed by atoms with Crippen molar-refractivity contribution in [2.75, 3.05) is 37.2 Å². The standard InChI is InChI=1S/C24H29N5O3S2/c1-7-12-29-21(16-10-9-11-17(13-16)28(4)5)26-27-24(29)33-14-19(30)25-22-20(23(31)32-6)18(8-2)15(3)34-22/h7,9-11,13H,1,8,12,14H2,2-6H3,(H,25,30). The Hall–Kier alpha value is -3.11. The highest BCUT2D eigenvalue weighted by molar-refractivity contribution is 7.99. The van der Waals surface area contributed by atoms with Gasteiger partial charge in [0.25, 0.3) is 0 Å². The van der Waals surface area contributed by atoms with Crippen LogP contribution in [0.4, 0.5) is 10.7 Å². The van der Waals surface area contributed by atoms with Crippen molar-refractivity contribution in [2.45, 2.75) is 32.0 Å². The highest BCUT2D eigenvalue weighted by Crippen LogP contribution is 2.34. The number of amides is 1. The maximum absolute atomic E-state index is 12.8. The number of anilines is 2. The molecule has 0 radical (unpaired) electrons. The number of aryl methyl sites for hydroxylation is 1. The van der Waals surface area contributed by atoms with Crippen molar-refractivity contribution in [1.82, 2.24) is 14.8 Å². The molecule has 34 heavy (non-hydrogen) atoms. The van der Waals surface area contributed by atoms with Gasteiger partial charge in [-0.15, -0.1) is 28.1 Å². The molecular weight excluding hydrogens is 470 g/mol. The molecule has 0 unspecified atom stereocenters. The number of allylic oxidation sites excluding steroid dienone is 1. The number of thiophene rings is 1. The van der Waals surface area contributed by atoms with E-state index in [1.54, 1.807) is 6.08 Å². The van der Waals surface area contributed by atoms with Crippen molar-refractivity contribution in [3.63, 3.8) is 0 Å². The van der Waals surface area contributed by atoms with Crippen molar-refractivity contribution < 1.29 is 14.3 Å². The monoisotopic (exact) mass is 499 g/mol. The Morgan fingerprint density at radius 1 is 1.32 bits per heavy atom. The van der Waals surface area contributed by atoms with Crippen LogP contribution in [0.1, 0.15) is 27.7 Å². The molecule has 2 aromatic heterocycles. The second-order valence-corrected chi connectivity index (χ2v) is 9.84. The third-order valence-corrected chi connectivity index (χ3v) is 7.22. The molecule has 10 heteroatoms. The molecule has 1 aromatic carbocycles.